The average Bonchev–Trinajstić information content (AvgIpc) is 2.94. The molecule has 0 amide bonds. The summed E-state index contributed by atoms with van der Waals surface area (Å²) in [6, 6.07) is 32.5. The van der Waals surface area contributed by atoms with Gasteiger partial charge in [0.25, 0.3) is 0 Å². The van der Waals surface area contributed by atoms with Crippen LogP contribution in [0.4, 0.5) is 0 Å². The van der Waals surface area contributed by atoms with Crippen molar-refractivity contribution in [3.05, 3.63) is 91.0 Å². The minimum Gasteiger partial charge on any atom is -0.324 e. The van der Waals surface area contributed by atoms with E-state index in [1.807, 2.05) is 0 Å². The van der Waals surface area contributed by atoms with Gasteiger partial charge in [-0.05, 0) is 25.7 Å². The van der Waals surface area contributed by atoms with Crippen LogP contribution in [0, 0.1) is 0 Å². The van der Waals surface area contributed by atoms with Gasteiger partial charge in [-0.3, -0.25) is 0 Å². The first kappa shape index (κ1) is 30.1. The summed E-state index contributed by atoms with van der Waals surface area (Å²) >= 11 is 0. The molecule has 0 atom stereocenters. The first-order valence-electron chi connectivity index (χ1n) is 14.6. The zero-order valence-electron chi connectivity index (χ0n) is 23.6. The van der Waals surface area contributed by atoms with Crippen molar-refractivity contribution < 1.29 is 4.48 Å². The van der Waals surface area contributed by atoms with Gasteiger partial charge in [0.1, 0.15) is 0 Å². The molecule has 1 radical (unpaired) electrons. The Bertz CT molecular complexity index is 763. The molecule has 3 aromatic rings. The maximum atomic E-state index is 2.33. The van der Waals surface area contributed by atoms with Gasteiger partial charge < -0.3 is 4.48 Å². The Morgan fingerprint density at radius 3 is 0.889 bits per heavy atom. The number of hydrogen-bond acceptors (Lipinski definition) is 0. The van der Waals surface area contributed by atoms with Gasteiger partial charge in [-0.25, -0.2) is 0 Å². The van der Waals surface area contributed by atoms with E-state index in [0.717, 1.165) is 0 Å². The fourth-order valence-corrected chi connectivity index (χ4v) is 7.54. The summed E-state index contributed by atoms with van der Waals surface area (Å²) in [7, 11) is -0.877. The van der Waals surface area contributed by atoms with Crippen molar-refractivity contribution in [2.24, 2.45) is 0 Å². The molecule has 0 fully saturated rings. The monoisotopic (exact) mass is 501 g/mol. The lowest BCUT2D eigenvalue weighted by atomic mass is 10.1. The minimum atomic E-state index is -0.877. The molecule has 0 saturated carbocycles. The van der Waals surface area contributed by atoms with Crippen LogP contribution in [0.3, 0.4) is 0 Å². The molecule has 0 N–H and O–H groups in total. The molecule has 0 saturated heterocycles. The third kappa shape index (κ3) is 10.4. The summed E-state index contributed by atoms with van der Waals surface area (Å²) in [5.41, 5.74) is 0. The van der Waals surface area contributed by atoms with E-state index < -0.39 is 8.80 Å². The summed E-state index contributed by atoms with van der Waals surface area (Å²) in [6.07, 6.45) is 11.1. The molecule has 0 unspecified atom stereocenters. The SMILES string of the molecule is CCCC[N+](CCCC)(CCCC)CCCC.c1ccc([Si](c2ccccc2)c2ccccc2)cc1. The summed E-state index contributed by atoms with van der Waals surface area (Å²) in [5, 5.41) is 4.31. The largest absolute Gasteiger partial charge is 0.324 e. The molecule has 0 aliphatic heterocycles. The van der Waals surface area contributed by atoms with Gasteiger partial charge in [-0.2, -0.15) is 0 Å². The van der Waals surface area contributed by atoms with Crippen LogP contribution in [-0.2, 0) is 0 Å². The maximum Gasteiger partial charge on any atom is 0.154 e. The lowest BCUT2D eigenvalue weighted by Gasteiger charge is -2.39. The highest BCUT2D eigenvalue weighted by Gasteiger charge is 2.24. The summed E-state index contributed by atoms with van der Waals surface area (Å²) in [4.78, 5) is 0. The lowest BCUT2D eigenvalue weighted by Crippen LogP contribution is -2.51. The molecule has 0 bridgehead atoms. The second kappa shape index (κ2) is 18.1. The summed E-state index contributed by atoms with van der Waals surface area (Å²) in [6.45, 7) is 15.0. The van der Waals surface area contributed by atoms with E-state index in [2.05, 4.69) is 119 Å². The Kier molecular flexibility index (Phi) is 15.1. The molecule has 0 spiro atoms. The molecule has 0 aliphatic rings. The van der Waals surface area contributed by atoms with Crippen molar-refractivity contribution in [1.82, 2.24) is 0 Å². The smallest absolute Gasteiger partial charge is 0.154 e. The third-order valence-corrected chi connectivity index (χ3v) is 9.86. The van der Waals surface area contributed by atoms with Crippen molar-refractivity contribution in [2.45, 2.75) is 79.1 Å². The zero-order valence-corrected chi connectivity index (χ0v) is 24.6. The number of hydrogen-bond donors (Lipinski definition) is 0. The van der Waals surface area contributed by atoms with Crippen molar-refractivity contribution in [1.29, 1.82) is 0 Å². The van der Waals surface area contributed by atoms with Gasteiger partial charge in [-0.15, -0.1) is 0 Å². The quantitative estimate of drug-likeness (QED) is 0.117. The van der Waals surface area contributed by atoms with Crippen LogP contribution >= 0.6 is 0 Å². The first-order chi connectivity index (χ1) is 17.7. The van der Waals surface area contributed by atoms with Crippen LogP contribution < -0.4 is 15.6 Å². The van der Waals surface area contributed by atoms with E-state index in [1.54, 1.807) is 0 Å². The van der Waals surface area contributed by atoms with Crippen LogP contribution in [0.15, 0.2) is 91.0 Å². The van der Waals surface area contributed by atoms with E-state index in [0.29, 0.717) is 0 Å². The van der Waals surface area contributed by atoms with Crippen LogP contribution in [0.2, 0.25) is 0 Å². The molecule has 195 valence electrons. The number of unbranched alkanes of at least 4 members (excludes halogenated alkanes) is 4. The topological polar surface area (TPSA) is 0 Å². The van der Waals surface area contributed by atoms with Crippen LogP contribution in [-0.4, -0.2) is 39.5 Å². The zero-order chi connectivity index (χ0) is 25.9. The van der Waals surface area contributed by atoms with E-state index >= 15 is 0 Å². The van der Waals surface area contributed by atoms with E-state index in [1.165, 1.54) is 97.6 Å². The Balaban J connectivity index is 0.000000256. The Labute approximate surface area is 224 Å². The number of nitrogens with zero attached hydrogens (tertiary/aromatic N) is 1. The third-order valence-electron chi connectivity index (χ3n) is 7.13. The lowest BCUT2D eigenvalue weighted by molar-refractivity contribution is -0.929. The Morgan fingerprint density at radius 1 is 0.417 bits per heavy atom. The van der Waals surface area contributed by atoms with E-state index in [4.69, 9.17) is 0 Å². The van der Waals surface area contributed by atoms with Crippen molar-refractivity contribution in [3.8, 4) is 0 Å². The summed E-state index contributed by atoms with van der Waals surface area (Å²) in [5.74, 6) is 0. The summed E-state index contributed by atoms with van der Waals surface area (Å²) < 4.78 is 1.42. The van der Waals surface area contributed by atoms with Gasteiger partial charge >= 0.3 is 0 Å². The van der Waals surface area contributed by atoms with Gasteiger partial charge in [0, 0.05) is 0 Å². The molecule has 0 aliphatic carbocycles. The standard InChI is InChI=1S/C18H15Si.C16H36N/c1-4-10-16(11-5-1)19(17-12-6-2-7-13-17)18-14-8-3-9-15-18;1-5-9-13-17(14-10-6-2,15-11-7-3)16-12-8-4/h1-15H;5-16H2,1-4H3/q;+1. The maximum absolute atomic E-state index is 2.33. The van der Waals surface area contributed by atoms with Crippen molar-refractivity contribution in [3.63, 3.8) is 0 Å². The Hall–Kier alpha value is -2.16. The molecule has 0 aromatic heterocycles. The second-order valence-electron chi connectivity index (χ2n) is 10.1. The number of quaternary nitrogens is 1. The molecular weight excluding hydrogens is 450 g/mol. The van der Waals surface area contributed by atoms with Crippen LogP contribution in [0.25, 0.3) is 0 Å². The van der Waals surface area contributed by atoms with Crippen LogP contribution in [0.1, 0.15) is 79.1 Å². The average molecular weight is 502 g/mol. The second-order valence-corrected chi connectivity index (χ2v) is 12.6. The van der Waals surface area contributed by atoms with Gasteiger partial charge in [-0.1, -0.05) is 160 Å². The van der Waals surface area contributed by atoms with E-state index in [9.17, 15) is 0 Å². The first-order valence-corrected chi connectivity index (χ1v) is 16.1. The molecule has 3 aromatic carbocycles. The molecule has 1 nitrogen and oxygen atoms in total. The van der Waals surface area contributed by atoms with Gasteiger partial charge in [0.2, 0.25) is 0 Å². The fraction of sp³-hybridized carbons (Fsp3) is 0.471. The molecule has 2 heteroatoms. The highest BCUT2D eigenvalue weighted by Crippen LogP contribution is 2.16. The number of benzene rings is 3. The molecule has 0 heterocycles. The fourth-order valence-electron chi connectivity index (χ4n) is 4.96. The molecule has 3 rings (SSSR count). The van der Waals surface area contributed by atoms with Crippen molar-refractivity contribution in [2.75, 3.05) is 26.2 Å². The normalized spacial score (nSPS) is 11.2. The predicted molar refractivity (Wildman–Crippen MR) is 163 cm³/mol. The minimum absolute atomic E-state index is 0.877. The highest BCUT2D eigenvalue weighted by molar-refractivity contribution is 6.95. The predicted octanol–water partition coefficient (Wildman–Crippen LogP) is 7.21. The van der Waals surface area contributed by atoms with Gasteiger partial charge in [0.05, 0.1) is 26.2 Å². The molecular formula is C34H51NSi+. The van der Waals surface area contributed by atoms with Gasteiger partial charge in [0.15, 0.2) is 8.80 Å². The number of rotatable bonds is 15. The highest BCUT2D eigenvalue weighted by atomic mass is 28.3. The molecule has 36 heavy (non-hydrogen) atoms. The Morgan fingerprint density at radius 2 is 0.667 bits per heavy atom. The van der Waals surface area contributed by atoms with E-state index in [-0.39, 0.29) is 0 Å². The van der Waals surface area contributed by atoms with Crippen molar-refractivity contribution >= 4 is 24.4 Å². The van der Waals surface area contributed by atoms with Crippen LogP contribution in [0.5, 0.6) is 0 Å².